The lowest BCUT2D eigenvalue weighted by Crippen LogP contribution is -2.24. The Morgan fingerprint density at radius 2 is 1.81 bits per heavy atom. The van der Waals surface area contributed by atoms with E-state index in [9.17, 15) is 13.2 Å². The number of methoxy groups -OCH3 is 1. The van der Waals surface area contributed by atoms with Gasteiger partial charge in [-0.15, -0.1) is 0 Å². The van der Waals surface area contributed by atoms with Gasteiger partial charge in [0.05, 0.1) is 19.3 Å². The van der Waals surface area contributed by atoms with E-state index in [0.29, 0.717) is 0 Å². The smallest absolute Gasteiger partial charge is 0.308 e. The van der Waals surface area contributed by atoms with Crippen molar-refractivity contribution in [2.75, 3.05) is 13.4 Å². The van der Waals surface area contributed by atoms with Crippen molar-refractivity contribution in [1.29, 1.82) is 0 Å². The van der Waals surface area contributed by atoms with Crippen LogP contribution in [0.5, 0.6) is 0 Å². The van der Waals surface area contributed by atoms with Crippen LogP contribution in [0.1, 0.15) is 25.7 Å². The third-order valence-electron chi connectivity index (χ3n) is 2.90. The van der Waals surface area contributed by atoms with Crippen LogP contribution in [0.25, 0.3) is 0 Å². The summed E-state index contributed by atoms with van der Waals surface area (Å²) < 4.78 is 31.0. The van der Waals surface area contributed by atoms with Crippen molar-refractivity contribution < 1.29 is 22.0 Å². The van der Waals surface area contributed by atoms with Gasteiger partial charge in [-0.05, 0) is 18.7 Å². The van der Waals surface area contributed by atoms with E-state index >= 15 is 0 Å². The first-order chi connectivity index (χ1) is 7.42. The van der Waals surface area contributed by atoms with Gasteiger partial charge in [-0.1, -0.05) is 12.8 Å². The van der Waals surface area contributed by atoms with Gasteiger partial charge in [-0.25, -0.2) is 8.42 Å². The molecule has 7 heteroatoms. The molecular weight excluding hydrogens is 231 g/mol. The van der Waals surface area contributed by atoms with Gasteiger partial charge in [-0.2, -0.15) is 0 Å². The predicted molar refractivity (Wildman–Crippen MR) is 60.8 cm³/mol. The SMILES string of the molecule is COC(=O)C1CCC(BOS(C)(=O)=O)CC1. The van der Waals surface area contributed by atoms with Crippen molar-refractivity contribution in [2.24, 2.45) is 5.92 Å². The second-order valence-corrected chi connectivity index (χ2v) is 5.87. The first kappa shape index (κ1) is 13.5. The second kappa shape index (κ2) is 5.68. The zero-order valence-corrected chi connectivity index (χ0v) is 10.5. The predicted octanol–water partition coefficient (Wildman–Crippen LogP) is 0.466. The molecule has 0 aromatic carbocycles. The normalized spacial score (nSPS) is 26.1. The Morgan fingerprint density at radius 3 is 2.25 bits per heavy atom. The van der Waals surface area contributed by atoms with Gasteiger partial charge in [0.15, 0.2) is 0 Å². The molecule has 0 aliphatic heterocycles. The molecule has 0 unspecified atom stereocenters. The number of rotatable bonds is 4. The fourth-order valence-corrected chi connectivity index (χ4v) is 2.39. The van der Waals surface area contributed by atoms with Crippen molar-refractivity contribution >= 4 is 23.6 Å². The molecular formula is C9H17BO5S. The maximum absolute atomic E-state index is 11.2. The van der Waals surface area contributed by atoms with Crippen molar-refractivity contribution in [3.05, 3.63) is 0 Å². The molecule has 0 atom stereocenters. The molecule has 1 saturated carbocycles. The summed E-state index contributed by atoms with van der Waals surface area (Å²) >= 11 is 0. The van der Waals surface area contributed by atoms with Crippen LogP contribution >= 0.6 is 0 Å². The van der Waals surface area contributed by atoms with Gasteiger partial charge < -0.3 is 8.84 Å². The Hall–Kier alpha value is -0.555. The first-order valence-electron chi connectivity index (χ1n) is 5.34. The molecule has 0 amide bonds. The van der Waals surface area contributed by atoms with Crippen LogP contribution in [0, 0.1) is 5.92 Å². The van der Waals surface area contributed by atoms with Gasteiger partial charge in [0, 0.05) is 0 Å². The molecule has 1 rings (SSSR count). The summed E-state index contributed by atoms with van der Waals surface area (Å²) in [7, 11) is -1.73. The summed E-state index contributed by atoms with van der Waals surface area (Å²) in [5.41, 5.74) is 0. The molecule has 0 N–H and O–H groups in total. The van der Waals surface area contributed by atoms with Crippen molar-refractivity contribution in [1.82, 2.24) is 0 Å². The van der Waals surface area contributed by atoms with Crippen LogP contribution in [0.4, 0.5) is 0 Å². The summed E-state index contributed by atoms with van der Waals surface area (Å²) in [6.45, 7) is 0. The van der Waals surface area contributed by atoms with Gasteiger partial charge in [0.1, 0.15) is 0 Å². The maximum Gasteiger partial charge on any atom is 0.308 e. The average molecular weight is 248 g/mol. The monoisotopic (exact) mass is 248 g/mol. The minimum Gasteiger partial charge on any atom is -0.469 e. The molecule has 0 spiro atoms. The minimum absolute atomic E-state index is 0.0283. The molecule has 1 aliphatic rings. The van der Waals surface area contributed by atoms with E-state index in [2.05, 4.69) is 4.74 Å². The quantitative estimate of drug-likeness (QED) is 0.534. The standard InChI is InChI=1S/C9H17BO5S/c1-14-9(11)7-3-5-8(6-4-7)10-15-16(2,12)13/h7-8,10H,3-6H2,1-2H3. The molecule has 0 aromatic rings. The summed E-state index contributed by atoms with van der Waals surface area (Å²) in [5.74, 6) is 0.0394. The van der Waals surface area contributed by atoms with Gasteiger partial charge in [0.25, 0.3) is 10.1 Å². The van der Waals surface area contributed by atoms with E-state index in [1.165, 1.54) is 7.11 Å². The third-order valence-corrected chi connectivity index (χ3v) is 3.46. The fourth-order valence-electron chi connectivity index (χ4n) is 1.95. The molecule has 1 aliphatic carbocycles. The van der Waals surface area contributed by atoms with Crippen molar-refractivity contribution in [3.63, 3.8) is 0 Å². The summed E-state index contributed by atoms with van der Waals surface area (Å²) in [6, 6.07) is 0. The first-order valence-corrected chi connectivity index (χ1v) is 7.16. The Balaban J connectivity index is 2.30. The molecule has 0 heterocycles. The Kier molecular flexibility index (Phi) is 4.79. The number of ether oxygens (including phenoxy) is 1. The van der Waals surface area contributed by atoms with E-state index in [1.54, 1.807) is 0 Å². The molecule has 1 fully saturated rings. The Labute approximate surface area is 96.9 Å². The maximum atomic E-state index is 11.2. The van der Waals surface area contributed by atoms with Crippen LogP contribution in [0.15, 0.2) is 0 Å². The van der Waals surface area contributed by atoms with Gasteiger partial charge in [-0.3, -0.25) is 4.79 Å². The lowest BCUT2D eigenvalue weighted by Gasteiger charge is -2.25. The zero-order valence-electron chi connectivity index (χ0n) is 9.64. The van der Waals surface area contributed by atoms with E-state index in [1.807, 2.05) is 0 Å². The summed E-state index contributed by atoms with van der Waals surface area (Å²) in [4.78, 5) is 11.2. The van der Waals surface area contributed by atoms with E-state index < -0.39 is 10.1 Å². The van der Waals surface area contributed by atoms with Crippen LogP contribution in [0.2, 0.25) is 5.82 Å². The highest BCUT2D eigenvalue weighted by atomic mass is 32.2. The topological polar surface area (TPSA) is 69.7 Å². The van der Waals surface area contributed by atoms with E-state index in [0.717, 1.165) is 31.9 Å². The van der Waals surface area contributed by atoms with Gasteiger partial charge >= 0.3 is 13.5 Å². The van der Waals surface area contributed by atoms with Crippen molar-refractivity contribution in [3.8, 4) is 0 Å². The number of carbonyl (C=O) groups excluding carboxylic acids is 1. The Morgan fingerprint density at radius 1 is 1.25 bits per heavy atom. The summed E-state index contributed by atoms with van der Waals surface area (Å²) in [6.07, 6.45) is 4.19. The average Bonchev–Trinajstić information content (AvgIpc) is 2.25. The molecule has 0 saturated heterocycles. The number of hydrogen-bond acceptors (Lipinski definition) is 5. The summed E-state index contributed by atoms with van der Waals surface area (Å²) in [5, 5.41) is 0. The Bertz CT molecular complexity index is 332. The van der Waals surface area contributed by atoms with E-state index in [-0.39, 0.29) is 25.2 Å². The van der Waals surface area contributed by atoms with Crippen LogP contribution < -0.4 is 0 Å². The lowest BCUT2D eigenvalue weighted by atomic mass is 9.68. The third kappa shape index (κ3) is 4.53. The van der Waals surface area contributed by atoms with Crippen molar-refractivity contribution in [2.45, 2.75) is 31.5 Å². The minimum atomic E-state index is -3.35. The fraction of sp³-hybridized carbons (Fsp3) is 0.889. The van der Waals surface area contributed by atoms with Crippen LogP contribution in [0.3, 0.4) is 0 Å². The largest absolute Gasteiger partial charge is 0.469 e. The lowest BCUT2D eigenvalue weighted by molar-refractivity contribution is -0.146. The molecule has 0 aromatic heterocycles. The molecule has 0 bridgehead atoms. The highest BCUT2D eigenvalue weighted by Crippen LogP contribution is 2.32. The molecule has 0 radical (unpaired) electrons. The molecule has 92 valence electrons. The molecule has 16 heavy (non-hydrogen) atoms. The number of carbonyl (C=O) groups is 1. The van der Waals surface area contributed by atoms with Crippen LogP contribution in [-0.4, -0.2) is 35.2 Å². The number of hydrogen-bond donors (Lipinski definition) is 0. The highest BCUT2D eigenvalue weighted by Gasteiger charge is 2.28. The van der Waals surface area contributed by atoms with E-state index in [4.69, 9.17) is 4.10 Å². The molecule has 5 nitrogen and oxygen atoms in total. The highest BCUT2D eigenvalue weighted by molar-refractivity contribution is 7.86. The second-order valence-electron chi connectivity index (χ2n) is 4.23. The van der Waals surface area contributed by atoms with Crippen LogP contribution in [-0.2, 0) is 23.8 Å². The van der Waals surface area contributed by atoms with Gasteiger partial charge in [0.2, 0.25) is 0 Å². The number of esters is 1. The zero-order chi connectivity index (χ0) is 12.2.